The van der Waals surface area contributed by atoms with Crippen LogP contribution in [0.5, 0.6) is 0 Å². The Morgan fingerprint density at radius 1 is 1.06 bits per heavy atom. The molecule has 10 heteroatoms. The Balaban J connectivity index is 1.53. The van der Waals surface area contributed by atoms with Crippen LogP contribution in [-0.2, 0) is 30.7 Å². The van der Waals surface area contributed by atoms with Crippen LogP contribution in [0, 0.1) is 0 Å². The summed E-state index contributed by atoms with van der Waals surface area (Å²) in [7, 11) is 0. The number of halogens is 4. The third kappa shape index (κ3) is 5.67. The first kappa shape index (κ1) is 24.0. The molecule has 1 N–H and O–H groups in total. The van der Waals surface area contributed by atoms with Gasteiger partial charge in [-0.15, -0.1) is 11.3 Å². The van der Waals surface area contributed by atoms with Gasteiger partial charge in [-0.05, 0) is 41.5 Å². The van der Waals surface area contributed by atoms with Gasteiger partial charge in [-0.1, -0.05) is 41.9 Å². The second-order valence-corrected chi connectivity index (χ2v) is 9.15. The van der Waals surface area contributed by atoms with Crippen molar-refractivity contribution in [3.05, 3.63) is 99.1 Å². The molecule has 176 valence electrons. The third-order valence-electron chi connectivity index (χ3n) is 5.00. The summed E-state index contributed by atoms with van der Waals surface area (Å²) in [6, 6.07) is 15.4. The Labute approximate surface area is 202 Å². The number of rotatable bonds is 8. The van der Waals surface area contributed by atoms with E-state index in [1.54, 1.807) is 24.4 Å². The Morgan fingerprint density at radius 3 is 2.44 bits per heavy atom. The molecule has 0 aliphatic carbocycles. The van der Waals surface area contributed by atoms with E-state index in [0.717, 1.165) is 16.5 Å². The Morgan fingerprint density at radius 2 is 1.79 bits per heavy atom. The van der Waals surface area contributed by atoms with Crippen LogP contribution in [0.3, 0.4) is 0 Å². The van der Waals surface area contributed by atoms with Crippen LogP contribution >= 0.6 is 22.9 Å². The first-order chi connectivity index (χ1) is 16.2. The number of aromatic nitrogens is 2. The van der Waals surface area contributed by atoms with Crippen LogP contribution < -0.4 is 0 Å². The van der Waals surface area contributed by atoms with Gasteiger partial charge < -0.3 is 14.4 Å². The summed E-state index contributed by atoms with van der Waals surface area (Å²) >= 11 is 7.44. The van der Waals surface area contributed by atoms with E-state index in [4.69, 9.17) is 21.4 Å². The fourth-order valence-corrected chi connectivity index (χ4v) is 4.48. The molecule has 0 spiro atoms. The van der Waals surface area contributed by atoms with Crippen molar-refractivity contribution in [1.82, 2.24) is 9.55 Å². The van der Waals surface area contributed by atoms with Crippen molar-refractivity contribution in [2.75, 3.05) is 0 Å². The molecule has 0 radical (unpaired) electrons. The number of hydrogen-bond acceptors (Lipinski definition) is 4. The lowest BCUT2D eigenvalue weighted by Gasteiger charge is -2.12. The van der Waals surface area contributed by atoms with Gasteiger partial charge >= 0.3 is 12.1 Å². The number of imidazole rings is 1. The maximum atomic E-state index is 13.2. The number of thiophene rings is 1. The average molecular weight is 507 g/mol. The molecule has 0 unspecified atom stereocenters. The standard InChI is InChI=1S/C24H18ClF3N2O3S/c25-21-10-9-20(34-21)22-29-18(12-30(22)11-15-5-7-16(8-6-15)23(31)32)14-33-13-17-3-1-2-4-19(17)24(26,27)28/h1-10,12H,11,13-14H2,(H,31,32). The molecule has 5 nitrogen and oxygen atoms in total. The average Bonchev–Trinajstić information content (AvgIpc) is 3.39. The lowest BCUT2D eigenvalue weighted by molar-refractivity contribution is -0.139. The molecule has 2 heterocycles. The van der Waals surface area contributed by atoms with E-state index in [1.165, 1.54) is 41.7 Å². The Hall–Kier alpha value is -3.14. The molecule has 0 bridgehead atoms. The fraction of sp³-hybridized carbons (Fsp3) is 0.167. The zero-order valence-corrected chi connectivity index (χ0v) is 19.1. The fourth-order valence-electron chi connectivity index (χ4n) is 3.43. The van der Waals surface area contributed by atoms with Gasteiger partial charge in [0.1, 0.15) is 0 Å². The molecule has 0 fully saturated rings. The molecule has 2 aromatic heterocycles. The number of hydrogen-bond donors (Lipinski definition) is 1. The number of carboxylic acid groups (broad SMARTS) is 1. The molecule has 4 rings (SSSR count). The number of benzene rings is 2. The molecular formula is C24H18ClF3N2O3S. The number of nitrogens with zero attached hydrogens (tertiary/aromatic N) is 2. The van der Waals surface area contributed by atoms with E-state index in [9.17, 15) is 18.0 Å². The van der Waals surface area contributed by atoms with Crippen molar-refractivity contribution in [2.24, 2.45) is 0 Å². The van der Waals surface area contributed by atoms with Crippen molar-refractivity contribution >= 4 is 28.9 Å². The predicted molar refractivity (Wildman–Crippen MR) is 123 cm³/mol. The molecule has 4 aromatic rings. The summed E-state index contributed by atoms with van der Waals surface area (Å²) < 4.78 is 47.7. The summed E-state index contributed by atoms with van der Waals surface area (Å²) in [5, 5.41) is 9.09. The highest BCUT2D eigenvalue weighted by Crippen LogP contribution is 2.33. The molecule has 34 heavy (non-hydrogen) atoms. The van der Waals surface area contributed by atoms with Crippen molar-refractivity contribution in [3.8, 4) is 10.7 Å². The second-order valence-electron chi connectivity index (χ2n) is 7.44. The normalized spacial score (nSPS) is 11.6. The van der Waals surface area contributed by atoms with Gasteiger partial charge in [0.15, 0.2) is 5.82 Å². The highest BCUT2D eigenvalue weighted by atomic mass is 35.5. The van der Waals surface area contributed by atoms with Gasteiger partial charge in [0, 0.05) is 12.7 Å². The van der Waals surface area contributed by atoms with Crippen molar-refractivity contribution in [2.45, 2.75) is 25.9 Å². The maximum absolute atomic E-state index is 13.2. The van der Waals surface area contributed by atoms with E-state index in [0.29, 0.717) is 22.4 Å². The minimum atomic E-state index is -4.46. The summed E-state index contributed by atoms with van der Waals surface area (Å²) in [6.45, 7) is 0.220. The number of alkyl halides is 3. The van der Waals surface area contributed by atoms with Gasteiger partial charge in [-0.3, -0.25) is 0 Å². The highest BCUT2D eigenvalue weighted by molar-refractivity contribution is 7.19. The van der Waals surface area contributed by atoms with Crippen LogP contribution in [-0.4, -0.2) is 20.6 Å². The third-order valence-corrected chi connectivity index (χ3v) is 6.23. The maximum Gasteiger partial charge on any atom is 0.416 e. The predicted octanol–water partition coefficient (Wildman–Crippen LogP) is 6.75. The Kier molecular flexibility index (Phi) is 7.06. The summed E-state index contributed by atoms with van der Waals surface area (Å²) in [5.74, 6) is -0.372. The monoisotopic (exact) mass is 506 g/mol. The van der Waals surface area contributed by atoms with Crippen LogP contribution in [0.15, 0.2) is 66.9 Å². The summed E-state index contributed by atoms with van der Waals surface area (Å²) in [6.07, 6.45) is -2.69. The van der Waals surface area contributed by atoms with Gasteiger partial charge in [0.05, 0.1) is 39.2 Å². The minimum absolute atomic E-state index is 0.0171. The quantitative estimate of drug-likeness (QED) is 0.287. The summed E-state index contributed by atoms with van der Waals surface area (Å²) in [4.78, 5) is 16.5. The number of aromatic carboxylic acids is 1. The zero-order chi connectivity index (χ0) is 24.3. The van der Waals surface area contributed by atoms with E-state index < -0.39 is 17.7 Å². The largest absolute Gasteiger partial charge is 0.478 e. The minimum Gasteiger partial charge on any atom is -0.478 e. The molecule has 0 amide bonds. The van der Waals surface area contributed by atoms with Gasteiger partial charge in [-0.25, -0.2) is 9.78 Å². The molecule has 0 atom stereocenters. The molecule has 0 saturated carbocycles. The number of ether oxygens (including phenoxy) is 1. The first-order valence-corrected chi connectivity index (χ1v) is 11.3. The van der Waals surface area contributed by atoms with Gasteiger partial charge in [0.2, 0.25) is 0 Å². The molecular weight excluding hydrogens is 489 g/mol. The topological polar surface area (TPSA) is 64.3 Å². The summed E-state index contributed by atoms with van der Waals surface area (Å²) in [5.41, 5.74) is 0.925. The first-order valence-electron chi connectivity index (χ1n) is 10.1. The number of carboxylic acids is 1. The number of carbonyl (C=O) groups is 1. The van der Waals surface area contributed by atoms with Gasteiger partial charge in [-0.2, -0.15) is 13.2 Å². The van der Waals surface area contributed by atoms with Crippen molar-refractivity contribution < 1.29 is 27.8 Å². The highest BCUT2D eigenvalue weighted by Gasteiger charge is 2.32. The van der Waals surface area contributed by atoms with Crippen LogP contribution in [0.2, 0.25) is 4.34 Å². The van der Waals surface area contributed by atoms with E-state index in [1.807, 2.05) is 10.6 Å². The van der Waals surface area contributed by atoms with Crippen molar-refractivity contribution in [3.63, 3.8) is 0 Å². The SMILES string of the molecule is O=C(O)c1ccc(Cn2cc(COCc3ccccc3C(F)(F)F)nc2-c2ccc(Cl)s2)cc1. The molecule has 0 aliphatic rings. The van der Waals surface area contributed by atoms with Crippen LogP contribution in [0.4, 0.5) is 13.2 Å². The Bertz CT molecular complexity index is 1300. The van der Waals surface area contributed by atoms with Crippen LogP contribution in [0.25, 0.3) is 10.7 Å². The molecule has 2 aromatic carbocycles. The molecule has 0 aliphatic heterocycles. The van der Waals surface area contributed by atoms with E-state index in [2.05, 4.69) is 4.98 Å². The van der Waals surface area contributed by atoms with Gasteiger partial charge in [0.25, 0.3) is 0 Å². The van der Waals surface area contributed by atoms with E-state index in [-0.39, 0.29) is 24.3 Å². The van der Waals surface area contributed by atoms with E-state index >= 15 is 0 Å². The smallest absolute Gasteiger partial charge is 0.416 e. The lowest BCUT2D eigenvalue weighted by Crippen LogP contribution is -2.09. The second kappa shape index (κ2) is 10.0. The van der Waals surface area contributed by atoms with Crippen molar-refractivity contribution in [1.29, 1.82) is 0 Å². The zero-order valence-electron chi connectivity index (χ0n) is 17.6. The van der Waals surface area contributed by atoms with Crippen LogP contribution in [0.1, 0.15) is 32.7 Å². The lowest BCUT2D eigenvalue weighted by atomic mass is 10.1. The molecule has 0 saturated heterocycles.